The molecular weight excluding hydrogens is 378 g/mol. The first-order valence-electron chi connectivity index (χ1n) is 8.94. The number of aryl methyl sites for hydroxylation is 3. The average Bonchev–Trinajstić information content (AvgIpc) is 3.13. The molecule has 0 spiro atoms. The Labute approximate surface area is 168 Å². The molecule has 1 amide bonds. The van der Waals surface area contributed by atoms with E-state index in [9.17, 15) is 4.79 Å². The van der Waals surface area contributed by atoms with Crippen LogP contribution in [0, 0.1) is 20.8 Å². The molecule has 0 bridgehead atoms. The number of rotatable bonds is 6. The third kappa shape index (κ3) is 4.70. The fraction of sp³-hybridized carbons (Fsp3) is 0.286. The number of benzene rings is 2. The maximum Gasteiger partial charge on any atom is 0.261 e. The molecule has 28 heavy (non-hydrogen) atoms. The first kappa shape index (κ1) is 19.9. The van der Waals surface area contributed by atoms with Crippen LogP contribution in [0.3, 0.4) is 0 Å². The zero-order chi connectivity index (χ0) is 20.3. The molecule has 3 rings (SSSR count). The van der Waals surface area contributed by atoms with Crippen LogP contribution < -0.4 is 10.1 Å². The minimum atomic E-state index is -0.681. The van der Waals surface area contributed by atoms with Crippen LogP contribution in [-0.4, -0.2) is 22.2 Å². The standard InChI is InChI=1S/C21H22ClN3O3/c1-12-5-7-16(8-6-12)20-24-18(28-25-20)11-23-21(26)15(4)27-17-9-13(2)19(22)14(3)10-17/h5-10,15H,11H2,1-4H3,(H,23,26)/t15-/m0/s1. The van der Waals surface area contributed by atoms with Crippen molar-refractivity contribution in [2.24, 2.45) is 0 Å². The molecule has 0 aliphatic carbocycles. The van der Waals surface area contributed by atoms with Crippen LogP contribution in [0.5, 0.6) is 5.75 Å². The van der Waals surface area contributed by atoms with E-state index in [4.69, 9.17) is 20.9 Å². The molecule has 0 aliphatic rings. The Hall–Kier alpha value is -2.86. The first-order valence-corrected chi connectivity index (χ1v) is 9.32. The minimum Gasteiger partial charge on any atom is -0.481 e. The van der Waals surface area contributed by atoms with Gasteiger partial charge in [-0.2, -0.15) is 4.98 Å². The van der Waals surface area contributed by atoms with Crippen molar-refractivity contribution in [1.82, 2.24) is 15.5 Å². The van der Waals surface area contributed by atoms with E-state index in [1.165, 1.54) is 0 Å². The van der Waals surface area contributed by atoms with Crippen LogP contribution in [0.4, 0.5) is 0 Å². The van der Waals surface area contributed by atoms with Crippen molar-refractivity contribution in [2.45, 2.75) is 40.3 Å². The molecule has 0 unspecified atom stereocenters. The molecule has 1 atom stereocenters. The van der Waals surface area contributed by atoms with Gasteiger partial charge in [0.25, 0.3) is 5.91 Å². The van der Waals surface area contributed by atoms with Gasteiger partial charge in [-0.05, 0) is 51.0 Å². The van der Waals surface area contributed by atoms with Gasteiger partial charge >= 0.3 is 0 Å². The van der Waals surface area contributed by atoms with E-state index in [1.54, 1.807) is 6.92 Å². The van der Waals surface area contributed by atoms with Gasteiger partial charge in [-0.1, -0.05) is 46.6 Å². The summed E-state index contributed by atoms with van der Waals surface area (Å²) in [6.45, 7) is 7.61. The number of amides is 1. The molecule has 0 aliphatic heterocycles. The molecule has 7 heteroatoms. The summed E-state index contributed by atoms with van der Waals surface area (Å²) in [5, 5.41) is 7.40. The van der Waals surface area contributed by atoms with Gasteiger partial charge in [-0.25, -0.2) is 0 Å². The Morgan fingerprint density at radius 3 is 2.46 bits per heavy atom. The van der Waals surface area contributed by atoms with Crippen molar-refractivity contribution in [3.8, 4) is 17.1 Å². The number of nitrogens with one attached hydrogen (secondary N) is 1. The highest BCUT2D eigenvalue weighted by atomic mass is 35.5. The number of halogens is 1. The van der Waals surface area contributed by atoms with E-state index in [-0.39, 0.29) is 12.5 Å². The summed E-state index contributed by atoms with van der Waals surface area (Å²) in [7, 11) is 0. The second-order valence-corrected chi connectivity index (χ2v) is 7.10. The summed E-state index contributed by atoms with van der Waals surface area (Å²) in [5.74, 6) is 1.14. The molecule has 6 nitrogen and oxygen atoms in total. The number of aromatic nitrogens is 2. The number of carbonyl (C=O) groups excluding carboxylic acids is 1. The lowest BCUT2D eigenvalue weighted by Gasteiger charge is -2.15. The summed E-state index contributed by atoms with van der Waals surface area (Å²) < 4.78 is 10.9. The second-order valence-electron chi connectivity index (χ2n) is 6.73. The fourth-order valence-electron chi connectivity index (χ4n) is 2.68. The maximum atomic E-state index is 12.3. The Morgan fingerprint density at radius 1 is 1.18 bits per heavy atom. The molecule has 1 N–H and O–H groups in total. The first-order chi connectivity index (χ1) is 13.3. The van der Waals surface area contributed by atoms with Crippen LogP contribution in [0.15, 0.2) is 40.9 Å². The highest BCUT2D eigenvalue weighted by Crippen LogP contribution is 2.26. The molecule has 146 valence electrons. The van der Waals surface area contributed by atoms with E-state index in [0.717, 1.165) is 22.3 Å². The average molecular weight is 400 g/mol. The van der Waals surface area contributed by atoms with E-state index in [1.807, 2.05) is 57.2 Å². The normalized spacial score (nSPS) is 11.9. The molecule has 0 fully saturated rings. The monoisotopic (exact) mass is 399 g/mol. The van der Waals surface area contributed by atoms with Crippen molar-refractivity contribution in [2.75, 3.05) is 0 Å². The van der Waals surface area contributed by atoms with Gasteiger partial charge in [0.05, 0.1) is 6.54 Å². The summed E-state index contributed by atoms with van der Waals surface area (Å²) in [5.41, 5.74) is 3.81. The van der Waals surface area contributed by atoms with Crippen molar-refractivity contribution in [3.05, 3.63) is 64.0 Å². The highest BCUT2D eigenvalue weighted by molar-refractivity contribution is 6.32. The Balaban J connectivity index is 1.57. The van der Waals surface area contributed by atoms with Crippen LogP contribution in [0.1, 0.15) is 29.5 Å². The van der Waals surface area contributed by atoms with Crippen LogP contribution >= 0.6 is 11.6 Å². The lowest BCUT2D eigenvalue weighted by atomic mass is 10.1. The van der Waals surface area contributed by atoms with Crippen LogP contribution in [0.25, 0.3) is 11.4 Å². The number of hydrogen-bond acceptors (Lipinski definition) is 5. The topological polar surface area (TPSA) is 77.2 Å². The van der Waals surface area contributed by atoms with Gasteiger partial charge in [0.2, 0.25) is 11.7 Å². The molecule has 2 aromatic carbocycles. The number of hydrogen-bond donors (Lipinski definition) is 1. The second kappa shape index (κ2) is 8.44. The number of nitrogens with zero attached hydrogens (tertiary/aromatic N) is 2. The predicted octanol–water partition coefficient (Wildman–Crippen LogP) is 4.40. The van der Waals surface area contributed by atoms with Gasteiger partial charge in [0, 0.05) is 10.6 Å². The van der Waals surface area contributed by atoms with Crippen LogP contribution in [0.2, 0.25) is 5.02 Å². The lowest BCUT2D eigenvalue weighted by Crippen LogP contribution is -2.36. The lowest BCUT2D eigenvalue weighted by molar-refractivity contribution is -0.127. The summed E-state index contributed by atoms with van der Waals surface area (Å²) in [6, 6.07) is 11.4. The zero-order valence-electron chi connectivity index (χ0n) is 16.2. The molecular formula is C21H22ClN3O3. The zero-order valence-corrected chi connectivity index (χ0v) is 17.0. The Morgan fingerprint density at radius 2 is 1.82 bits per heavy atom. The molecule has 1 heterocycles. The Kier molecular flexibility index (Phi) is 5.99. The van der Waals surface area contributed by atoms with E-state index >= 15 is 0 Å². The van der Waals surface area contributed by atoms with Gasteiger partial charge in [0.1, 0.15) is 5.75 Å². The molecule has 1 aromatic heterocycles. The number of ether oxygens (including phenoxy) is 1. The minimum absolute atomic E-state index is 0.129. The summed E-state index contributed by atoms with van der Waals surface area (Å²) in [4.78, 5) is 16.6. The van der Waals surface area contributed by atoms with E-state index in [0.29, 0.717) is 22.5 Å². The van der Waals surface area contributed by atoms with Gasteiger partial charge < -0.3 is 14.6 Å². The third-order valence-electron chi connectivity index (χ3n) is 4.28. The molecule has 0 radical (unpaired) electrons. The van der Waals surface area contributed by atoms with Gasteiger partial charge in [-0.3, -0.25) is 4.79 Å². The van der Waals surface area contributed by atoms with Crippen molar-refractivity contribution >= 4 is 17.5 Å². The third-order valence-corrected chi connectivity index (χ3v) is 4.88. The predicted molar refractivity (Wildman–Crippen MR) is 107 cm³/mol. The smallest absolute Gasteiger partial charge is 0.261 e. The SMILES string of the molecule is Cc1ccc(-c2noc(CNC(=O)[C@H](C)Oc3cc(C)c(Cl)c(C)c3)n2)cc1. The van der Waals surface area contributed by atoms with E-state index in [2.05, 4.69) is 15.5 Å². The number of carbonyl (C=O) groups is 1. The van der Waals surface area contributed by atoms with Gasteiger partial charge in [0.15, 0.2) is 6.10 Å². The van der Waals surface area contributed by atoms with Gasteiger partial charge in [-0.15, -0.1) is 0 Å². The fourth-order valence-corrected chi connectivity index (χ4v) is 2.79. The molecule has 0 saturated carbocycles. The van der Waals surface area contributed by atoms with E-state index < -0.39 is 6.10 Å². The largest absolute Gasteiger partial charge is 0.481 e. The van der Waals surface area contributed by atoms with Crippen molar-refractivity contribution in [1.29, 1.82) is 0 Å². The van der Waals surface area contributed by atoms with Crippen molar-refractivity contribution < 1.29 is 14.1 Å². The maximum absolute atomic E-state index is 12.3. The van der Waals surface area contributed by atoms with Crippen LogP contribution in [-0.2, 0) is 11.3 Å². The van der Waals surface area contributed by atoms with Crippen molar-refractivity contribution in [3.63, 3.8) is 0 Å². The Bertz CT molecular complexity index is 960. The highest BCUT2D eigenvalue weighted by Gasteiger charge is 2.17. The molecule has 0 saturated heterocycles. The molecule has 3 aromatic rings. The quantitative estimate of drug-likeness (QED) is 0.664. The summed E-state index contributed by atoms with van der Waals surface area (Å²) >= 11 is 6.16. The summed E-state index contributed by atoms with van der Waals surface area (Å²) in [6.07, 6.45) is -0.681.